The molecule has 1 aliphatic rings. The highest BCUT2D eigenvalue weighted by atomic mass is 35.5. The van der Waals surface area contributed by atoms with E-state index in [2.05, 4.69) is 18.0 Å². The Balaban J connectivity index is 1.85. The first-order valence-corrected chi connectivity index (χ1v) is 8.51. The van der Waals surface area contributed by atoms with Crippen LogP contribution in [0.3, 0.4) is 0 Å². The lowest BCUT2D eigenvalue weighted by atomic mass is 10.0. The molecule has 1 aromatic heterocycles. The molecule has 1 aliphatic heterocycles. The van der Waals surface area contributed by atoms with Crippen LogP contribution in [0, 0.1) is 11.3 Å². The number of hydrogen-bond acceptors (Lipinski definition) is 4. The minimum absolute atomic E-state index is 0.658. The number of nitriles is 1. The fraction of sp³-hybridized carbons (Fsp3) is 0.294. The summed E-state index contributed by atoms with van der Waals surface area (Å²) in [6, 6.07) is 12.1. The number of fused-ring (bicyclic) bond motifs is 1. The number of aromatic nitrogens is 1. The van der Waals surface area contributed by atoms with Crippen molar-refractivity contribution in [3.63, 3.8) is 0 Å². The Labute approximate surface area is 139 Å². The van der Waals surface area contributed by atoms with Crippen LogP contribution in [-0.2, 0) is 18.7 Å². The van der Waals surface area contributed by atoms with Crippen LogP contribution in [0.2, 0.25) is 5.02 Å². The van der Waals surface area contributed by atoms with Gasteiger partial charge in [0.1, 0.15) is 11.1 Å². The van der Waals surface area contributed by atoms with Crippen LogP contribution in [0.1, 0.15) is 22.4 Å². The van der Waals surface area contributed by atoms with E-state index in [0.717, 1.165) is 46.6 Å². The van der Waals surface area contributed by atoms with Crippen LogP contribution in [-0.4, -0.2) is 23.5 Å². The third kappa shape index (κ3) is 3.27. The molecule has 2 heterocycles. The minimum Gasteiger partial charge on any atom is -0.302 e. The van der Waals surface area contributed by atoms with Gasteiger partial charge in [0.05, 0.1) is 5.56 Å². The van der Waals surface area contributed by atoms with E-state index in [0.29, 0.717) is 5.56 Å². The van der Waals surface area contributed by atoms with E-state index in [9.17, 15) is 5.26 Å². The molecule has 5 heteroatoms. The van der Waals surface area contributed by atoms with Crippen molar-refractivity contribution in [1.29, 1.82) is 5.26 Å². The molecule has 0 unspecified atom stereocenters. The fourth-order valence-corrected chi connectivity index (χ4v) is 3.81. The normalized spacial score (nSPS) is 14.4. The molecule has 0 aliphatic carbocycles. The molecule has 0 bridgehead atoms. The molecule has 1 aromatic carbocycles. The summed E-state index contributed by atoms with van der Waals surface area (Å²) in [6.45, 7) is 1.88. The van der Waals surface area contributed by atoms with Crippen LogP contribution in [0.4, 0.5) is 0 Å². The number of halogens is 1. The van der Waals surface area contributed by atoms with E-state index in [-0.39, 0.29) is 0 Å². The second-order valence-corrected chi connectivity index (χ2v) is 6.80. The summed E-state index contributed by atoms with van der Waals surface area (Å²) in [4.78, 5) is 6.99. The Morgan fingerprint density at radius 3 is 3.00 bits per heavy atom. The van der Waals surface area contributed by atoms with Gasteiger partial charge in [0.25, 0.3) is 0 Å². The van der Waals surface area contributed by atoms with Crippen LogP contribution in [0.25, 0.3) is 0 Å². The lowest BCUT2D eigenvalue weighted by Gasteiger charge is -2.24. The summed E-state index contributed by atoms with van der Waals surface area (Å²) in [6.07, 6.45) is 0.942. The van der Waals surface area contributed by atoms with Gasteiger partial charge in [-0.05, 0) is 30.3 Å². The average Bonchev–Trinajstić information content (AvgIpc) is 2.53. The zero-order valence-electron chi connectivity index (χ0n) is 12.3. The van der Waals surface area contributed by atoms with Gasteiger partial charge in [-0.1, -0.05) is 29.8 Å². The average molecular weight is 330 g/mol. The Kier molecular flexibility index (Phi) is 4.68. The van der Waals surface area contributed by atoms with E-state index in [1.54, 1.807) is 11.8 Å². The molecule has 0 saturated carbocycles. The lowest BCUT2D eigenvalue weighted by molar-refractivity contribution is 0.309. The standard InChI is InChI=1S/C17H16ClN3S/c1-21-7-6-16-14(10-21)8-13(9-19)17(20-16)22-11-12-4-2-3-5-15(12)18/h2-5,8H,6-7,10-11H2,1H3. The minimum atomic E-state index is 0.658. The van der Waals surface area contributed by atoms with E-state index in [4.69, 9.17) is 16.6 Å². The van der Waals surface area contributed by atoms with Gasteiger partial charge in [0.2, 0.25) is 0 Å². The fourth-order valence-electron chi connectivity index (χ4n) is 2.55. The van der Waals surface area contributed by atoms with Crippen molar-refractivity contribution in [3.05, 3.63) is 57.7 Å². The zero-order valence-corrected chi connectivity index (χ0v) is 13.9. The Morgan fingerprint density at radius 1 is 1.41 bits per heavy atom. The number of pyridine rings is 1. The predicted octanol–water partition coefficient (Wildman–Crippen LogP) is 3.89. The molecule has 0 fully saturated rings. The Bertz CT molecular complexity index is 739. The maximum absolute atomic E-state index is 9.39. The van der Waals surface area contributed by atoms with Crippen molar-refractivity contribution in [2.24, 2.45) is 0 Å². The number of thioether (sulfide) groups is 1. The SMILES string of the molecule is CN1CCc2nc(SCc3ccccc3Cl)c(C#N)cc2C1. The molecule has 2 aromatic rings. The molecular formula is C17H16ClN3S. The van der Waals surface area contributed by atoms with E-state index in [1.807, 2.05) is 30.3 Å². The summed E-state index contributed by atoms with van der Waals surface area (Å²) in [7, 11) is 2.09. The Morgan fingerprint density at radius 2 is 2.23 bits per heavy atom. The first-order valence-electron chi connectivity index (χ1n) is 7.15. The summed E-state index contributed by atoms with van der Waals surface area (Å²) < 4.78 is 0. The number of likely N-dealkylation sites (N-methyl/N-ethyl adjacent to an activating group) is 1. The van der Waals surface area contributed by atoms with Crippen LogP contribution in [0.15, 0.2) is 35.4 Å². The smallest absolute Gasteiger partial charge is 0.114 e. The van der Waals surface area contributed by atoms with Crippen molar-refractivity contribution in [2.45, 2.75) is 23.7 Å². The molecule has 22 heavy (non-hydrogen) atoms. The highest BCUT2D eigenvalue weighted by molar-refractivity contribution is 7.98. The Hall–Kier alpha value is -1.54. The van der Waals surface area contributed by atoms with Crippen molar-refractivity contribution >= 4 is 23.4 Å². The second kappa shape index (κ2) is 6.70. The van der Waals surface area contributed by atoms with Gasteiger partial charge in [0, 0.05) is 36.0 Å². The molecule has 0 radical (unpaired) electrons. The van der Waals surface area contributed by atoms with Crippen molar-refractivity contribution in [2.75, 3.05) is 13.6 Å². The van der Waals surface area contributed by atoms with Gasteiger partial charge in [-0.15, -0.1) is 11.8 Å². The number of benzene rings is 1. The first-order chi connectivity index (χ1) is 10.7. The highest BCUT2D eigenvalue weighted by Gasteiger charge is 2.18. The first kappa shape index (κ1) is 15.4. The molecule has 3 rings (SSSR count). The van der Waals surface area contributed by atoms with Gasteiger partial charge in [-0.3, -0.25) is 0 Å². The maximum atomic E-state index is 9.39. The molecule has 0 N–H and O–H groups in total. The quantitative estimate of drug-likeness (QED) is 0.801. The third-order valence-electron chi connectivity index (χ3n) is 3.77. The summed E-state index contributed by atoms with van der Waals surface area (Å²) in [5, 5.41) is 11.0. The van der Waals surface area contributed by atoms with Gasteiger partial charge in [-0.25, -0.2) is 4.98 Å². The summed E-state index contributed by atoms with van der Waals surface area (Å²) in [5.74, 6) is 0.722. The second-order valence-electron chi connectivity index (χ2n) is 5.43. The highest BCUT2D eigenvalue weighted by Crippen LogP contribution is 2.30. The van der Waals surface area contributed by atoms with Crippen LogP contribution in [0.5, 0.6) is 0 Å². The van der Waals surface area contributed by atoms with Crippen molar-refractivity contribution < 1.29 is 0 Å². The van der Waals surface area contributed by atoms with Gasteiger partial charge < -0.3 is 4.90 Å². The lowest BCUT2D eigenvalue weighted by Crippen LogP contribution is -2.27. The summed E-state index contributed by atoms with van der Waals surface area (Å²) in [5.41, 5.74) is 4.02. The van der Waals surface area contributed by atoms with Gasteiger partial charge in [-0.2, -0.15) is 5.26 Å². The monoisotopic (exact) mass is 329 g/mol. The van der Waals surface area contributed by atoms with E-state index < -0.39 is 0 Å². The third-order valence-corrected chi connectivity index (χ3v) is 5.18. The largest absolute Gasteiger partial charge is 0.302 e. The maximum Gasteiger partial charge on any atom is 0.114 e. The molecule has 0 atom stereocenters. The van der Waals surface area contributed by atoms with E-state index in [1.165, 1.54) is 5.56 Å². The molecule has 0 saturated heterocycles. The van der Waals surface area contributed by atoms with Crippen molar-refractivity contribution in [1.82, 2.24) is 9.88 Å². The van der Waals surface area contributed by atoms with Crippen LogP contribution < -0.4 is 0 Å². The zero-order chi connectivity index (χ0) is 15.5. The van der Waals surface area contributed by atoms with Gasteiger partial charge >= 0.3 is 0 Å². The number of nitrogens with zero attached hydrogens (tertiary/aromatic N) is 3. The van der Waals surface area contributed by atoms with Gasteiger partial charge in [0.15, 0.2) is 0 Å². The van der Waals surface area contributed by atoms with Crippen molar-refractivity contribution in [3.8, 4) is 6.07 Å². The predicted molar refractivity (Wildman–Crippen MR) is 90.0 cm³/mol. The summed E-state index contributed by atoms with van der Waals surface area (Å²) >= 11 is 7.77. The number of hydrogen-bond donors (Lipinski definition) is 0. The van der Waals surface area contributed by atoms with Crippen LogP contribution >= 0.6 is 23.4 Å². The van der Waals surface area contributed by atoms with E-state index >= 15 is 0 Å². The molecule has 112 valence electrons. The molecule has 3 nitrogen and oxygen atoms in total. The topological polar surface area (TPSA) is 39.9 Å². The molecule has 0 spiro atoms. The molecule has 0 amide bonds. The molecular weight excluding hydrogens is 314 g/mol. The number of rotatable bonds is 3.